The Morgan fingerprint density at radius 1 is 1.12 bits per heavy atom. The number of rotatable bonds is 3. The second-order valence-electron chi connectivity index (χ2n) is 5.41. The van der Waals surface area contributed by atoms with Crippen molar-refractivity contribution in [3.8, 4) is 0 Å². The van der Waals surface area contributed by atoms with Crippen molar-refractivity contribution in [3.63, 3.8) is 0 Å². The zero-order valence-electron chi connectivity index (χ0n) is 10.9. The Balaban J connectivity index is 1.88. The third kappa shape index (κ3) is 3.55. The summed E-state index contributed by atoms with van der Waals surface area (Å²) in [4.78, 5) is 0. The Bertz CT molecular complexity index is 336. The van der Waals surface area contributed by atoms with E-state index in [1.807, 2.05) is 0 Å². The van der Waals surface area contributed by atoms with E-state index in [0.29, 0.717) is 18.1 Å². The maximum absolute atomic E-state index is 5.93. The average Bonchev–Trinajstić information content (AvgIpc) is 2.33. The summed E-state index contributed by atoms with van der Waals surface area (Å²) in [7, 11) is 0. The number of hydrogen-bond donors (Lipinski definition) is 2. The topological polar surface area (TPSA) is 38.0 Å². The van der Waals surface area contributed by atoms with E-state index in [9.17, 15) is 0 Å². The van der Waals surface area contributed by atoms with Crippen molar-refractivity contribution in [2.24, 2.45) is 5.73 Å². The highest BCUT2D eigenvalue weighted by molar-refractivity contribution is 5.23. The first-order valence-electron chi connectivity index (χ1n) is 6.73. The first-order valence-corrected chi connectivity index (χ1v) is 6.73. The highest BCUT2D eigenvalue weighted by Crippen LogP contribution is 2.21. The summed E-state index contributed by atoms with van der Waals surface area (Å²) in [6.07, 6.45) is 4.77. The molecular formula is C15H24N2. The molecule has 0 heterocycles. The Labute approximate surface area is 105 Å². The molecule has 1 aromatic rings. The molecule has 1 fully saturated rings. The van der Waals surface area contributed by atoms with Crippen LogP contribution in [0.3, 0.4) is 0 Å². The van der Waals surface area contributed by atoms with Gasteiger partial charge in [-0.2, -0.15) is 0 Å². The largest absolute Gasteiger partial charge is 0.328 e. The van der Waals surface area contributed by atoms with Gasteiger partial charge in [0.25, 0.3) is 0 Å². The van der Waals surface area contributed by atoms with Gasteiger partial charge in [0.2, 0.25) is 0 Å². The van der Waals surface area contributed by atoms with E-state index >= 15 is 0 Å². The van der Waals surface area contributed by atoms with Crippen LogP contribution in [0, 0.1) is 6.92 Å². The Morgan fingerprint density at radius 2 is 1.71 bits per heavy atom. The van der Waals surface area contributed by atoms with Crippen LogP contribution in [-0.2, 0) is 0 Å². The predicted octanol–water partition coefficient (Wildman–Crippen LogP) is 2.92. The van der Waals surface area contributed by atoms with Gasteiger partial charge in [-0.1, -0.05) is 29.8 Å². The van der Waals surface area contributed by atoms with E-state index < -0.39 is 0 Å². The lowest BCUT2D eigenvalue weighted by atomic mass is 9.91. The van der Waals surface area contributed by atoms with Gasteiger partial charge in [-0.25, -0.2) is 0 Å². The van der Waals surface area contributed by atoms with Gasteiger partial charge in [0.15, 0.2) is 0 Å². The normalized spacial score (nSPS) is 26.8. The lowest BCUT2D eigenvalue weighted by molar-refractivity contribution is 0.322. The SMILES string of the molecule is Cc1ccc(C(C)NC2CCC(N)CC2)cc1. The highest BCUT2D eigenvalue weighted by Gasteiger charge is 2.19. The van der Waals surface area contributed by atoms with E-state index in [1.165, 1.54) is 24.0 Å². The minimum absolute atomic E-state index is 0.433. The first kappa shape index (κ1) is 12.6. The minimum atomic E-state index is 0.433. The Hall–Kier alpha value is -0.860. The second-order valence-corrected chi connectivity index (χ2v) is 5.41. The van der Waals surface area contributed by atoms with Crippen LogP contribution < -0.4 is 11.1 Å². The van der Waals surface area contributed by atoms with Crippen LogP contribution in [0.15, 0.2) is 24.3 Å². The monoisotopic (exact) mass is 232 g/mol. The molecule has 2 rings (SSSR count). The molecule has 0 amide bonds. The molecule has 2 nitrogen and oxygen atoms in total. The summed E-state index contributed by atoms with van der Waals surface area (Å²) < 4.78 is 0. The van der Waals surface area contributed by atoms with Crippen molar-refractivity contribution in [2.45, 2.75) is 57.7 Å². The number of nitrogens with one attached hydrogen (secondary N) is 1. The van der Waals surface area contributed by atoms with Crippen molar-refractivity contribution >= 4 is 0 Å². The highest BCUT2D eigenvalue weighted by atomic mass is 14.9. The van der Waals surface area contributed by atoms with Crippen LogP contribution in [0.4, 0.5) is 0 Å². The minimum Gasteiger partial charge on any atom is -0.328 e. The first-order chi connectivity index (χ1) is 8.15. The molecule has 2 heteroatoms. The van der Waals surface area contributed by atoms with E-state index in [4.69, 9.17) is 5.73 Å². The summed E-state index contributed by atoms with van der Waals surface area (Å²) in [5.74, 6) is 0. The molecule has 0 spiro atoms. The van der Waals surface area contributed by atoms with Gasteiger partial charge in [-0.3, -0.25) is 0 Å². The molecule has 1 aliphatic rings. The van der Waals surface area contributed by atoms with Crippen LogP contribution in [0.2, 0.25) is 0 Å². The smallest absolute Gasteiger partial charge is 0.0294 e. The summed E-state index contributed by atoms with van der Waals surface area (Å²) in [6, 6.07) is 10.3. The predicted molar refractivity (Wildman–Crippen MR) is 73.0 cm³/mol. The van der Waals surface area contributed by atoms with Crippen LogP contribution in [0.5, 0.6) is 0 Å². The Kier molecular flexibility index (Phi) is 4.19. The molecule has 1 saturated carbocycles. The van der Waals surface area contributed by atoms with E-state index in [2.05, 4.69) is 43.4 Å². The number of hydrogen-bond acceptors (Lipinski definition) is 2. The molecule has 0 radical (unpaired) electrons. The molecule has 0 saturated heterocycles. The van der Waals surface area contributed by atoms with Gasteiger partial charge >= 0.3 is 0 Å². The summed E-state index contributed by atoms with van der Waals surface area (Å²) in [5, 5.41) is 3.72. The van der Waals surface area contributed by atoms with Crippen LogP contribution in [0.1, 0.15) is 49.8 Å². The van der Waals surface area contributed by atoms with E-state index in [1.54, 1.807) is 0 Å². The molecule has 17 heavy (non-hydrogen) atoms. The molecule has 1 unspecified atom stereocenters. The van der Waals surface area contributed by atoms with E-state index in [0.717, 1.165) is 12.8 Å². The van der Waals surface area contributed by atoms with E-state index in [-0.39, 0.29) is 0 Å². The zero-order valence-corrected chi connectivity index (χ0v) is 10.9. The second kappa shape index (κ2) is 5.65. The summed E-state index contributed by atoms with van der Waals surface area (Å²) >= 11 is 0. The fraction of sp³-hybridized carbons (Fsp3) is 0.600. The maximum atomic E-state index is 5.93. The quantitative estimate of drug-likeness (QED) is 0.841. The van der Waals surface area contributed by atoms with Crippen molar-refractivity contribution in [1.82, 2.24) is 5.32 Å². The average molecular weight is 232 g/mol. The standard InChI is InChI=1S/C15H24N2/c1-11-3-5-13(6-4-11)12(2)17-15-9-7-14(16)8-10-15/h3-6,12,14-15,17H,7-10,16H2,1-2H3. The molecule has 1 aliphatic carbocycles. The fourth-order valence-corrected chi connectivity index (χ4v) is 2.59. The van der Waals surface area contributed by atoms with Crippen LogP contribution in [-0.4, -0.2) is 12.1 Å². The summed E-state index contributed by atoms with van der Waals surface area (Å²) in [6.45, 7) is 4.38. The fourth-order valence-electron chi connectivity index (χ4n) is 2.59. The van der Waals surface area contributed by atoms with Crippen molar-refractivity contribution in [1.29, 1.82) is 0 Å². The third-order valence-electron chi connectivity index (χ3n) is 3.83. The molecule has 1 aromatic carbocycles. The lowest BCUT2D eigenvalue weighted by Gasteiger charge is -2.29. The molecule has 0 aliphatic heterocycles. The van der Waals surface area contributed by atoms with Gasteiger partial charge in [0.05, 0.1) is 0 Å². The van der Waals surface area contributed by atoms with Gasteiger partial charge < -0.3 is 11.1 Å². The van der Waals surface area contributed by atoms with Gasteiger partial charge in [-0.15, -0.1) is 0 Å². The molecular weight excluding hydrogens is 208 g/mol. The lowest BCUT2D eigenvalue weighted by Crippen LogP contribution is -2.38. The van der Waals surface area contributed by atoms with Crippen molar-refractivity contribution < 1.29 is 0 Å². The van der Waals surface area contributed by atoms with Crippen LogP contribution in [0.25, 0.3) is 0 Å². The Morgan fingerprint density at radius 3 is 2.29 bits per heavy atom. The summed E-state index contributed by atoms with van der Waals surface area (Å²) in [5.41, 5.74) is 8.63. The number of benzene rings is 1. The van der Waals surface area contributed by atoms with Gasteiger partial charge in [-0.05, 0) is 45.1 Å². The maximum Gasteiger partial charge on any atom is 0.0294 e. The van der Waals surface area contributed by atoms with Crippen molar-refractivity contribution in [2.75, 3.05) is 0 Å². The molecule has 94 valence electrons. The molecule has 0 bridgehead atoms. The molecule has 1 atom stereocenters. The van der Waals surface area contributed by atoms with Gasteiger partial charge in [0, 0.05) is 18.1 Å². The van der Waals surface area contributed by atoms with Gasteiger partial charge in [0.1, 0.15) is 0 Å². The number of nitrogens with two attached hydrogens (primary N) is 1. The van der Waals surface area contributed by atoms with Crippen molar-refractivity contribution in [3.05, 3.63) is 35.4 Å². The van der Waals surface area contributed by atoms with Crippen LogP contribution >= 0.6 is 0 Å². The number of aryl methyl sites for hydroxylation is 1. The zero-order chi connectivity index (χ0) is 12.3. The third-order valence-corrected chi connectivity index (χ3v) is 3.83. The molecule has 3 N–H and O–H groups in total. The molecule has 0 aromatic heterocycles.